The minimum Gasteiger partial charge on any atom is -0.396 e. The molecule has 6 N–H and O–H groups in total. The molecule has 2 aliphatic carbocycles. The van der Waals surface area contributed by atoms with Crippen LogP contribution in [0.3, 0.4) is 0 Å². The summed E-state index contributed by atoms with van der Waals surface area (Å²) >= 11 is 1.54. The second kappa shape index (κ2) is 8.03. The summed E-state index contributed by atoms with van der Waals surface area (Å²) in [6, 6.07) is 1.93. The van der Waals surface area contributed by atoms with Crippen molar-refractivity contribution in [3.8, 4) is 10.6 Å². The van der Waals surface area contributed by atoms with Gasteiger partial charge in [-0.05, 0) is 25.7 Å². The van der Waals surface area contributed by atoms with Crippen molar-refractivity contribution in [2.75, 3.05) is 17.2 Å². The maximum absolute atomic E-state index is 10.5. The molecule has 0 aliphatic heterocycles. The average molecular weight is 430 g/mol. The summed E-state index contributed by atoms with van der Waals surface area (Å²) in [7, 11) is 0. The molecule has 0 aromatic carbocycles. The van der Waals surface area contributed by atoms with Gasteiger partial charge in [-0.3, -0.25) is 0 Å². The number of nitrogens with one attached hydrogen (secondary N) is 3. The predicted molar refractivity (Wildman–Crippen MR) is 113 cm³/mol. The molecule has 3 aromatic rings. The number of aromatic nitrogens is 4. The summed E-state index contributed by atoms with van der Waals surface area (Å²) in [4.78, 5) is 16.9. The Kier molecular flexibility index (Phi) is 5.23. The Morgan fingerprint density at radius 1 is 1.17 bits per heavy atom. The zero-order valence-electron chi connectivity index (χ0n) is 16.3. The van der Waals surface area contributed by atoms with Gasteiger partial charge in [-0.1, -0.05) is 0 Å². The van der Waals surface area contributed by atoms with Crippen molar-refractivity contribution in [2.45, 2.75) is 50.0 Å². The highest BCUT2D eigenvalue weighted by atomic mass is 32.1. The van der Waals surface area contributed by atoms with E-state index in [-0.39, 0.29) is 12.5 Å². The molecule has 0 unspecified atom stereocenters. The lowest BCUT2D eigenvalue weighted by Crippen LogP contribution is -2.36. The van der Waals surface area contributed by atoms with Gasteiger partial charge in [0.15, 0.2) is 12.4 Å². The number of hydrogen-bond donors (Lipinski definition) is 5. The first kappa shape index (κ1) is 19.6. The van der Waals surface area contributed by atoms with E-state index in [0.717, 1.165) is 33.6 Å². The molecule has 3 heterocycles. The lowest BCUT2D eigenvalue weighted by atomic mass is 9.93. The fourth-order valence-corrected chi connectivity index (χ4v) is 4.97. The van der Waals surface area contributed by atoms with Crippen LogP contribution in [0.25, 0.3) is 20.8 Å². The van der Waals surface area contributed by atoms with Gasteiger partial charge in [0.25, 0.3) is 0 Å². The lowest BCUT2D eigenvalue weighted by Gasteiger charge is -2.27. The van der Waals surface area contributed by atoms with Gasteiger partial charge in [0.1, 0.15) is 22.4 Å². The molecule has 3 aromatic heterocycles. The summed E-state index contributed by atoms with van der Waals surface area (Å²) in [5, 5.41) is 37.6. The highest BCUT2D eigenvalue weighted by molar-refractivity contribution is 7.21. The Hall–Kier alpha value is -2.40. The molecule has 4 atom stereocenters. The topological polar surface area (TPSA) is 138 Å². The van der Waals surface area contributed by atoms with Crippen LogP contribution in [0.15, 0.2) is 24.7 Å². The maximum atomic E-state index is 10.5. The van der Waals surface area contributed by atoms with Gasteiger partial charge in [0.05, 0.1) is 22.4 Å². The van der Waals surface area contributed by atoms with E-state index in [0.29, 0.717) is 24.2 Å². The molecule has 9 nitrogen and oxygen atoms in total. The molecule has 30 heavy (non-hydrogen) atoms. The van der Waals surface area contributed by atoms with E-state index in [2.05, 4.69) is 25.6 Å². The third-order valence-corrected chi connectivity index (χ3v) is 7.12. The van der Waals surface area contributed by atoms with E-state index in [1.165, 1.54) is 6.42 Å². The Balaban J connectivity index is 1.49. The number of rotatable bonds is 6. The number of fused-ring (bicyclic) bond motifs is 1. The van der Waals surface area contributed by atoms with Crippen LogP contribution in [0.1, 0.15) is 25.7 Å². The fraction of sp³-hybridized carbons (Fsp3) is 0.500. The van der Waals surface area contributed by atoms with Gasteiger partial charge < -0.3 is 26.0 Å². The Morgan fingerprint density at radius 2 is 2.03 bits per heavy atom. The van der Waals surface area contributed by atoms with Gasteiger partial charge in [-0.2, -0.15) is 4.98 Å². The Bertz CT molecular complexity index is 1010. The van der Waals surface area contributed by atoms with Gasteiger partial charge in [-0.25, -0.2) is 15.0 Å². The van der Waals surface area contributed by atoms with Crippen molar-refractivity contribution in [3.05, 3.63) is 24.7 Å². The summed E-state index contributed by atoms with van der Waals surface area (Å²) in [6.45, 7) is -0.171. The van der Waals surface area contributed by atoms with E-state index < -0.39 is 18.2 Å². The zero-order chi connectivity index (χ0) is 20.7. The number of aliphatic hydroxyl groups excluding tert-OH is 3. The van der Waals surface area contributed by atoms with Crippen LogP contribution in [-0.2, 0) is 0 Å². The fourth-order valence-electron chi connectivity index (χ4n) is 4.01. The average Bonchev–Trinajstić information content (AvgIpc) is 3.27. The predicted octanol–water partition coefficient (Wildman–Crippen LogP) is 1.05. The molecule has 2 fully saturated rings. The van der Waals surface area contributed by atoms with Crippen molar-refractivity contribution < 1.29 is 20.3 Å². The van der Waals surface area contributed by atoms with Crippen molar-refractivity contribution in [3.63, 3.8) is 0 Å². The van der Waals surface area contributed by atoms with Gasteiger partial charge in [0, 0.05) is 30.8 Å². The minimum atomic E-state index is -0.988. The molecule has 0 spiro atoms. The molecule has 2 saturated carbocycles. The second-order valence-corrected chi connectivity index (χ2v) is 9.08. The lowest BCUT2D eigenvalue weighted by molar-refractivity contribution is -0.376. The number of thiazole rings is 1. The molecule has 10 heteroatoms. The second-order valence-electron chi connectivity index (χ2n) is 8.05. The Morgan fingerprint density at radius 3 is 2.73 bits per heavy atom. The normalized spacial score (nSPS) is 26.6. The summed E-state index contributed by atoms with van der Waals surface area (Å²) in [5.41, 5.74) is 1.60. The van der Waals surface area contributed by atoms with Crippen molar-refractivity contribution in [1.29, 1.82) is 0 Å². The number of anilines is 2. The highest BCUT2D eigenvalue weighted by Gasteiger charge is 2.41. The molecule has 2 aliphatic rings. The number of aromatic amines is 1. The number of pyridine rings is 1. The third-order valence-electron chi connectivity index (χ3n) is 6.05. The molecule has 0 saturated heterocycles. The quantitative estimate of drug-likeness (QED) is 0.392. The van der Waals surface area contributed by atoms with Gasteiger partial charge >= 0.3 is 0 Å². The molecule has 0 radical (unpaired) electrons. The molecule has 0 bridgehead atoms. The van der Waals surface area contributed by atoms with E-state index in [1.807, 2.05) is 18.5 Å². The van der Waals surface area contributed by atoms with Crippen molar-refractivity contribution in [1.82, 2.24) is 15.0 Å². The first-order valence-corrected chi connectivity index (χ1v) is 11.1. The largest absolute Gasteiger partial charge is 0.396 e. The highest BCUT2D eigenvalue weighted by Crippen LogP contribution is 2.36. The number of nitrogens with zero attached hydrogens (tertiary/aromatic N) is 3. The molecular weight excluding hydrogens is 404 g/mol. The van der Waals surface area contributed by atoms with Crippen LogP contribution >= 0.6 is 11.3 Å². The van der Waals surface area contributed by atoms with E-state index in [1.54, 1.807) is 17.5 Å². The first-order valence-electron chi connectivity index (χ1n) is 10.3. The number of aliphatic hydroxyl groups is 3. The van der Waals surface area contributed by atoms with Crippen molar-refractivity contribution in [2.24, 2.45) is 5.92 Å². The van der Waals surface area contributed by atoms with Crippen LogP contribution in [0, 0.1) is 5.92 Å². The number of H-pyrrole nitrogens is 1. The zero-order valence-corrected chi connectivity index (χ0v) is 17.1. The molecular formula is C20H25N6O3S+. The first-order chi connectivity index (χ1) is 14.6. The summed E-state index contributed by atoms with van der Waals surface area (Å²) in [5.74, 6) is 0.727. The smallest absolute Gasteiger partial charge is 0.224 e. The SMILES string of the molecule is OC[C@H]1C[C@@H](Nc2nc(NC3CCC3)ncc2-c2nc3c[nH+]ccc3s2)[C@H](O)[C@@H]1O. The summed E-state index contributed by atoms with van der Waals surface area (Å²) < 4.78 is 1.04. The maximum Gasteiger partial charge on any atom is 0.224 e. The standard InChI is InChI=1S/C20H24N6O3S/c27-9-10-6-13(17(29)16(10)28)24-18-12(7-22-20(26-18)23-11-2-1-3-11)19-25-14-8-21-5-4-15(14)30-19/h4-5,7-8,10-11,13,16-17,27-29H,1-3,6,9H2,(H2,22,23,24,26)/p+1/t10-,13-,16-,17+/m1/s1. The van der Waals surface area contributed by atoms with E-state index in [4.69, 9.17) is 4.98 Å². The number of hydrogen-bond acceptors (Lipinski definition) is 9. The monoisotopic (exact) mass is 429 g/mol. The van der Waals surface area contributed by atoms with Crippen LogP contribution in [0.4, 0.5) is 11.8 Å². The molecule has 5 rings (SSSR count). The van der Waals surface area contributed by atoms with Crippen LogP contribution in [0.5, 0.6) is 0 Å². The summed E-state index contributed by atoms with van der Waals surface area (Å²) in [6.07, 6.45) is 7.36. The van der Waals surface area contributed by atoms with Crippen LogP contribution in [-0.4, -0.2) is 61.2 Å². The third kappa shape index (κ3) is 3.60. The molecule has 158 valence electrons. The van der Waals surface area contributed by atoms with Crippen LogP contribution < -0.4 is 15.6 Å². The van der Waals surface area contributed by atoms with Crippen LogP contribution in [0.2, 0.25) is 0 Å². The van der Waals surface area contributed by atoms with E-state index in [9.17, 15) is 15.3 Å². The van der Waals surface area contributed by atoms with Gasteiger partial charge in [0.2, 0.25) is 5.95 Å². The Labute approximate surface area is 177 Å². The van der Waals surface area contributed by atoms with Crippen molar-refractivity contribution >= 4 is 33.3 Å². The minimum absolute atomic E-state index is 0.171. The molecule has 0 amide bonds. The van der Waals surface area contributed by atoms with E-state index >= 15 is 0 Å². The van der Waals surface area contributed by atoms with Gasteiger partial charge in [-0.15, -0.1) is 11.3 Å².